The fourth-order valence-electron chi connectivity index (χ4n) is 2.21. The van der Waals surface area contributed by atoms with E-state index in [2.05, 4.69) is 21.2 Å². The molecule has 1 nitrogen and oxygen atoms in total. The zero-order valence-corrected chi connectivity index (χ0v) is 13.5. The summed E-state index contributed by atoms with van der Waals surface area (Å²) in [6.45, 7) is 2.78. The van der Waals surface area contributed by atoms with Crippen LogP contribution >= 0.6 is 27.5 Å². The third-order valence-corrected chi connectivity index (χ3v) is 4.03. The molecule has 1 atom stereocenters. The van der Waals surface area contributed by atoms with Crippen LogP contribution in [0.4, 0.5) is 4.39 Å². The van der Waals surface area contributed by atoms with Gasteiger partial charge in [-0.2, -0.15) is 0 Å². The molecule has 1 unspecified atom stereocenters. The first-order valence-corrected chi connectivity index (χ1v) is 7.70. The van der Waals surface area contributed by atoms with E-state index < -0.39 is 0 Å². The summed E-state index contributed by atoms with van der Waals surface area (Å²) in [6.07, 6.45) is 0.659. The van der Waals surface area contributed by atoms with Crippen molar-refractivity contribution in [1.82, 2.24) is 5.32 Å². The van der Waals surface area contributed by atoms with Gasteiger partial charge in [-0.15, -0.1) is 0 Å². The summed E-state index contributed by atoms with van der Waals surface area (Å²) in [4.78, 5) is 0. The first-order chi connectivity index (χ1) is 9.61. The van der Waals surface area contributed by atoms with Crippen molar-refractivity contribution in [3.63, 3.8) is 0 Å². The predicted octanol–water partition coefficient (Wildman–Crippen LogP) is 5.13. The monoisotopic (exact) mass is 355 g/mol. The van der Waals surface area contributed by atoms with Crippen LogP contribution in [0.25, 0.3) is 0 Å². The second-order valence-electron chi connectivity index (χ2n) is 4.57. The second kappa shape index (κ2) is 7.21. The van der Waals surface area contributed by atoms with Crippen molar-refractivity contribution in [2.24, 2.45) is 0 Å². The van der Waals surface area contributed by atoms with Crippen LogP contribution in [0.3, 0.4) is 0 Å². The van der Waals surface area contributed by atoms with Crippen LogP contribution in [0.5, 0.6) is 0 Å². The molecule has 2 aromatic rings. The molecular weight excluding hydrogens is 341 g/mol. The summed E-state index contributed by atoms with van der Waals surface area (Å²) in [5.74, 6) is -0.211. The van der Waals surface area contributed by atoms with Crippen LogP contribution in [0.2, 0.25) is 5.02 Å². The molecule has 0 saturated carbocycles. The standard InChI is InChI=1S/C16H16BrClFN/c1-2-20-16(9-11-5-3-4-6-14(11)18)13-8-7-12(17)10-15(13)19/h3-8,10,16,20H,2,9H2,1H3. The van der Waals surface area contributed by atoms with E-state index in [0.29, 0.717) is 17.0 Å². The number of halogens is 3. The van der Waals surface area contributed by atoms with Gasteiger partial charge < -0.3 is 5.32 Å². The highest BCUT2D eigenvalue weighted by atomic mass is 79.9. The van der Waals surface area contributed by atoms with E-state index in [0.717, 1.165) is 16.6 Å². The topological polar surface area (TPSA) is 12.0 Å². The van der Waals surface area contributed by atoms with Gasteiger partial charge in [0.05, 0.1) is 0 Å². The Kier molecular flexibility index (Phi) is 5.58. The lowest BCUT2D eigenvalue weighted by molar-refractivity contribution is 0.509. The van der Waals surface area contributed by atoms with Crippen LogP contribution in [-0.4, -0.2) is 6.54 Å². The number of benzene rings is 2. The molecule has 0 saturated heterocycles. The number of nitrogens with one attached hydrogen (secondary N) is 1. The molecule has 0 aliphatic heterocycles. The van der Waals surface area contributed by atoms with Crippen molar-refractivity contribution >= 4 is 27.5 Å². The van der Waals surface area contributed by atoms with Crippen LogP contribution < -0.4 is 5.32 Å². The molecule has 0 heterocycles. The molecule has 4 heteroatoms. The van der Waals surface area contributed by atoms with Crippen molar-refractivity contribution in [1.29, 1.82) is 0 Å². The van der Waals surface area contributed by atoms with Gasteiger partial charge >= 0.3 is 0 Å². The van der Waals surface area contributed by atoms with E-state index in [1.807, 2.05) is 43.3 Å². The van der Waals surface area contributed by atoms with Gasteiger partial charge in [0.25, 0.3) is 0 Å². The summed E-state index contributed by atoms with van der Waals surface area (Å²) < 4.78 is 14.9. The van der Waals surface area contributed by atoms with Gasteiger partial charge in [-0.05, 0) is 36.7 Å². The molecule has 0 spiro atoms. The first kappa shape index (κ1) is 15.5. The van der Waals surface area contributed by atoms with E-state index in [9.17, 15) is 4.39 Å². The molecule has 0 aliphatic rings. The van der Waals surface area contributed by atoms with Crippen molar-refractivity contribution in [3.8, 4) is 0 Å². The van der Waals surface area contributed by atoms with Crippen LogP contribution in [0.1, 0.15) is 24.1 Å². The van der Waals surface area contributed by atoms with E-state index in [1.165, 1.54) is 6.07 Å². The van der Waals surface area contributed by atoms with Gasteiger partial charge in [-0.3, -0.25) is 0 Å². The van der Waals surface area contributed by atoms with E-state index >= 15 is 0 Å². The summed E-state index contributed by atoms with van der Waals surface area (Å²) in [6, 6.07) is 12.7. The average molecular weight is 357 g/mol. The Morgan fingerprint density at radius 2 is 2.00 bits per heavy atom. The molecule has 20 heavy (non-hydrogen) atoms. The van der Waals surface area contributed by atoms with E-state index in [4.69, 9.17) is 11.6 Å². The van der Waals surface area contributed by atoms with Crippen molar-refractivity contribution in [2.45, 2.75) is 19.4 Å². The Labute approximate surface area is 132 Å². The second-order valence-corrected chi connectivity index (χ2v) is 5.89. The normalized spacial score (nSPS) is 12.4. The van der Waals surface area contributed by atoms with Gasteiger partial charge in [-0.1, -0.05) is 58.7 Å². The zero-order chi connectivity index (χ0) is 14.5. The van der Waals surface area contributed by atoms with E-state index in [-0.39, 0.29) is 11.9 Å². The Morgan fingerprint density at radius 1 is 1.25 bits per heavy atom. The lowest BCUT2D eigenvalue weighted by Gasteiger charge is -2.20. The lowest BCUT2D eigenvalue weighted by atomic mass is 9.98. The Hall–Kier alpha value is -0.900. The Bertz CT molecular complexity index is 588. The smallest absolute Gasteiger partial charge is 0.129 e. The van der Waals surface area contributed by atoms with Crippen LogP contribution in [0, 0.1) is 5.82 Å². The Balaban J connectivity index is 2.29. The number of hydrogen-bond acceptors (Lipinski definition) is 1. The third kappa shape index (κ3) is 3.81. The minimum Gasteiger partial charge on any atom is -0.310 e. The van der Waals surface area contributed by atoms with E-state index in [1.54, 1.807) is 0 Å². The Morgan fingerprint density at radius 3 is 2.65 bits per heavy atom. The van der Waals surface area contributed by atoms with Crippen molar-refractivity contribution < 1.29 is 4.39 Å². The highest BCUT2D eigenvalue weighted by molar-refractivity contribution is 9.10. The first-order valence-electron chi connectivity index (χ1n) is 6.53. The largest absolute Gasteiger partial charge is 0.310 e. The maximum atomic E-state index is 14.1. The van der Waals surface area contributed by atoms with Crippen molar-refractivity contribution in [2.75, 3.05) is 6.54 Å². The zero-order valence-electron chi connectivity index (χ0n) is 11.2. The molecule has 1 N–H and O–H groups in total. The maximum absolute atomic E-state index is 14.1. The van der Waals surface area contributed by atoms with Gasteiger partial charge in [0.1, 0.15) is 5.82 Å². The molecule has 0 aromatic heterocycles. The molecule has 2 rings (SSSR count). The summed E-state index contributed by atoms with van der Waals surface area (Å²) in [5, 5.41) is 4.04. The minimum atomic E-state index is -0.211. The molecule has 2 aromatic carbocycles. The summed E-state index contributed by atoms with van der Waals surface area (Å²) in [7, 11) is 0. The van der Waals surface area contributed by atoms with Crippen LogP contribution in [0.15, 0.2) is 46.9 Å². The highest BCUT2D eigenvalue weighted by Crippen LogP contribution is 2.26. The number of hydrogen-bond donors (Lipinski definition) is 1. The van der Waals surface area contributed by atoms with Gasteiger partial charge in [-0.25, -0.2) is 4.39 Å². The van der Waals surface area contributed by atoms with Gasteiger partial charge in [0.2, 0.25) is 0 Å². The molecule has 106 valence electrons. The maximum Gasteiger partial charge on any atom is 0.129 e. The molecule has 0 fully saturated rings. The van der Waals surface area contributed by atoms with Crippen molar-refractivity contribution in [3.05, 3.63) is 68.9 Å². The summed E-state index contributed by atoms with van der Waals surface area (Å²) in [5.41, 5.74) is 1.68. The fourth-order valence-corrected chi connectivity index (χ4v) is 2.75. The lowest BCUT2D eigenvalue weighted by Crippen LogP contribution is -2.24. The fraction of sp³-hybridized carbons (Fsp3) is 0.250. The highest BCUT2D eigenvalue weighted by Gasteiger charge is 2.16. The molecule has 0 aliphatic carbocycles. The minimum absolute atomic E-state index is 0.0898. The van der Waals surface area contributed by atoms with Gasteiger partial charge in [0.15, 0.2) is 0 Å². The number of likely N-dealkylation sites (N-methyl/N-ethyl adjacent to an activating group) is 1. The van der Waals surface area contributed by atoms with Gasteiger partial charge in [0, 0.05) is 21.1 Å². The van der Waals surface area contributed by atoms with Crippen LogP contribution in [-0.2, 0) is 6.42 Å². The number of rotatable bonds is 5. The molecule has 0 amide bonds. The third-order valence-electron chi connectivity index (χ3n) is 3.17. The molecule has 0 bridgehead atoms. The summed E-state index contributed by atoms with van der Waals surface area (Å²) >= 11 is 9.47. The SMILES string of the molecule is CCNC(Cc1ccccc1Cl)c1ccc(Br)cc1F. The quantitative estimate of drug-likeness (QED) is 0.782. The molecular formula is C16H16BrClFN. The average Bonchev–Trinajstić information content (AvgIpc) is 2.41. The molecule has 0 radical (unpaired) electrons. The predicted molar refractivity (Wildman–Crippen MR) is 85.7 cm³/mol.